The molecule has 13 heteroatoms. The lowest BCUT2D eigenvalue weighted by Gasteiger charge is -2.50. The standard InChI is InChI=1S/C40H35Cl2N3O7S/c1-3-52-32-8-4-7-27(35(32)46)34-25-14-15-26-33(38(49)44(36(26)47)20-24-6-5-17-53-24)28(25)19-29-37(48)45(43-31-16-11-22(41)18-30(31)42)39(50)40(29,34)21-9-12-23(51-2)13-10-21/h4-14,16-18,26,28-29,33-34,43,46H,3,15,19-20H2,1-2H3. The Balaban J connectivity index is 1.34. The van der Waals surface area contributed by atoms with E-state index < -0.39 is 46.8 Å². The average Bonchev–Trinajstić information content (AvgIpc) is 3.82. The zero-order valence-electron chi connectivity index (χ0n) is 28.8. The maximum Gasteiger partial charge on any atom is 0.260 e. The second-order valence-corrected chi connectivity index (χ2v) is 15.6. The maximum absolute atomic E-state index is 15.4. The number of hydrogen-bond acceptors (Lipinski definition) is 9. The van der Waals surface area contributed by atoms with E-state index >= 15 is 4.79 Å². The van der Waals surface area contributed by atoms with Crippen molar-refractivity contribution in [3.05, 3.63) is 116 Å². The molecule has 4 amide bonds. The summed E-state index contributed by atoms with van der Waals surface area (Å²) < 4.78 is 11.3. The number of ether oxygens (including phenoxy) is 2. The first kappa shape index (κ1) is 35.2. The summed E-state index contributed by atoms with van der Waals surface area (Å²) in [5.74, 6) is -4.99. The van der Waals surface area contributed by atoms with Crippen LogP contribution in [0.2, 0.25) is 10.0 Å². The Labute approximate surface area is 319 Å². The van der Waals surface area contributed by atoms with Gasteiger partial charge in [0.2, 0.25) is 11.8 Å². The van der Waals surface area contributed by atoms with Crippen LogP contribution in [0.25, 0.3) is 0 Å². The number of thiophene rings is 1. The minimum atomic E-state index is -1.62. The topological polar surface area (TPSA) is 125 Å². The highest BCUT2D eigenvalue weighted by Crippen LogP contribution is 2.65. The normalized spacial score (nSPS) is 26.3. The Kier molecular flexibility index (Phi) is 8.99. The highest BCUT2D eigenvalue weighted by Gasteiger charge is 2.70. The van der Waals surface area contributed by atoms with Crippen molar-refractivity contribution < 1.29 is 33.8 Å². The number of aromatic hydroxyl groups is 1. The van der Waals surface area contributed by atoms with Crippen molar-refractivity contribution in [1.29, 1.82) is 0 Å². The molecule has 1 aromatic heterocycles. The Morgan fingerprint density at radius 2 is 1.75 bits per heavy atom. The summed E-state index contributed by atoms with van der Waals surface area (Å²) in [5.41, 5.74) is 3.26. The summed E-state index contributed by atoms with van der Waals surface area (Å²) in [6.45, 7) is 2.24. The molecular formula is C40H35Cl2N3O7S. The lowest BCUT2D eigenvalue weighted by atomic mass is 9.49. The quantitative estimate of drug-likeness (QED) is 0.134. The molecule has 1 saturated carbocycles. The van der Waals surface area contributed by atoms with Gasteiger partial charge in [0.1, 0.15) is 5.75 Å². The van der Waals surface area contributed by atoms with E-state index in [9.17, 15) is 19.5 Å². The van der Waals surface area contributed by atoms with Gasteiger partial charge >= 0.3 is 0 Å². The van der Waals surface area contributed by atoms with Gasteiger partial charge in [0, 0.05) is 21.4 Å². The third kappa shape index (κ3) is 5.42. The fourth-order valence-electron chi connectivity index (χ4n) is 9.01. The van der Waals surface area contributed by atoms with Crippen molar-refractivity contribution in [3.63, 3.8) is 0 Å². The SMILES string of the molecule is CCOc1cccc(C2C3=CCC4C(=O)N(Cc5cccs5)C(=O)C4C3CC3C(=O)N(Nc4ccc(Cl)cc4Cl)C(=O)C32c2ccc(OC)cc2)c1O. The van der Waals surface area contributed by atoms with Crippen LogP contribution < -0.4 is 14.9 Å². The first-order valence-corrected chi connectivity index (χ1v) is 19.0. The van der Waals surface area contributed by atoms with E-state index in [1.807, 2.05) is 23.6 Å². The molecular weight excluding hydrogens is 737 g/mol. The number of phenols is 1. The molecule has 3 heterocycles. The summed E-state index contributed by atoms with van der Waals surface area (Å²) in [6, 6.07) is 20.6. The number of benzene rings is 3. The number of nitrogens with zero attached hydrogens (tertiary/aromatic N) is 2. The number of allylic oxidation sites excluding steroid dienone is 2. The van der Waals surface area contributed by atoms with E-state index in [-0.39, 0.29) is 60.0 Å². The molecule has 0 spiro atoms. The molecule has 2 N–H and O–H groups in total. The van der Waals surface area contributed by atoms with Gasteiger partial charge in [-0.3, -0.25) is 29.5 Å². The van der Waals surface area contributed by atoms with Crippen LogP contribution in [0.3, 0.4) is 0 Å². The van der Waals surface area contributed by atoms with Crippen LogP contribution in [-0.2, 0) is 31.1 Å². The van der Waals surface area contributed by atoms with E-state index in [2.05, 4.69) is 5.43 Å². The van der Waals surface area contributed by atoms with Gasteiger partial charge < -0.3 is 14.6 Å². The number of rotatable bonds is 9. The van der Waals surface area contributed by atoms with Crippen LogP contribution in [0.4, 0.5) is 5.69 Å². The summed E-state index contributed by atoms with van der Waals surface area (Å²) in [5, 5.41) is 15.4. The van der Waals surface area contributed by atoms with Gasteiger partial charge in [0.15, 0.2) is 11.5 Å². The van der Waals surface area contributed by atoms with E-state index in [1.54, 1.807) is 61.5 Å². The molecule has 272 valence electrons. The van der Waals surface area contributed by atoms with Gasteiger partial charge in [0.05, 0.1) is 54.1 Å². The number of anilines is 1. The minimum absolute atomic E-state index is 0.102. The van der Waals surface area contributed by atoms with Crippen LogP contribution in [0.1, 0.15) is 41.7 Å². The zero-order valence-corrected chi connectivity index (χ0v) is 31.1. The molecule has 0 radical (unpaired) electrons. The molecule has 6 atom stereocenters. The highest BCUT2D eigenvalue weighted by molar-refractivity contribution is 7.09. The number of fused-ring (bicyclic) bond motifs is 4. The predicted molar refractivity (Wildman–Crippen MR) is 200 cm³/mol. The molecule has 0 bridgehead atoms. The number of amides is 4. The summed E-state index contributed by atoms with van der Waals surface area (Å²) in [6.07, 6.45) is 2.32. The lowest BCUT2D eigenvalue weighted by Crippen LogP contribution is -2.53. The second-order valence-electron chi connectivity index (χ2n) is 13.7. The fourth-order valence-corrected chi connectivity index (χ4v) is 10.2. The Bertz CT molecular complexity index is 2170. The van der Waals surface area contributed by atoms with E-state index in [1.165, 1.54) is 29.4 Å². The third-order valence-electron chi connectivity index (χ3n) is 11.2. The number of carbonyl (C=O) groups excluding carboxylic acids is 4. The van der Waals surface area contributed by atoms with Crippen LogP contribution in [0, 0.1) is 23.7 Å². The van der Waals surface area contributed by atoms with Crippen molar-refractivity contribution in [2.75, 3.05) is 19.1 Å². The van der Waals surface area contributed by atoms with Gasteiger partial charge in [-0.25, -0.2) is 0 Å². The number of hydrogen-bond donors (Lipinski definition) is 2. The molecule has 3 fully saturated rings. The van der Waals surface area contributed by atoms with Crippen molar-refractivity contribution >= 4 is 63.9 Å². The highest BCUT2D eigenvalue weighted by atomic mass is 35.5. The average molecular weight is 773 g/mol. The zero-order chi connectivity index (χ0) is 37.2. The molecule has 6 unspecified atom stereocenters. The van der Waals surface area contributed by atoms with Gasteiger partial charge in [-0.15, -0.1) is 11.3 Å². The smallest absolute Gasteiger partial charge is 0.260 e. The maximum atomic E-state index is 15.4. The molecule has 2 saturated heterocycles. The van der Waals surface area contributed by atoms with Crippen LogP contribution in [0.15, 0.2) is 89.8 Å². The largest absolute Gasteiger partial charge is 0.504 e. The minimum Gasteiger partial charge on any atom is -0.504 e. The molecule has 2 aliphatic carbocycles. The summed E-state index contributed by atoms with van der Waals surface area (Å²) in [4.78, 5) is 60.9. The first-order chi connectivity index (χ1) is 25.6. The number of halogens is 2. The number of hydrazine groups is 1. The number of methoxy groups -OCH3 is 1. The fraction of sp³-hybridized carbons (Fsp3) is 0.300. The number of likely N-dealkylation sites (tertiary alicyclic amines) is 1. The van der Waals surface area contributed by atoms with Crippen LogP contribution in [-0.4, -0.2) is 52.4 Å². The van der Waals surface area contributed by atoms with Gasteiger partial charge in [-0.2, -0.15) is 5.01 Å². The van der Waals surface area contributed by atoms with Gasteiger partial charge in [0.25, 0.3) is 11.8 Å². The molecule has 3 aromatic carbocycles. The van der Waals surface area contributed by atoms with Gasteiger partial charge in [-0.1, -0.05) is 65.2 Å². The number of carbonyl (C=O) groups is 4. The number of imide groups is 2. The Morgan fingerprint density at radius 3 is 2.45 bits per heavy atom. The van der Waals surface area contributed by atoms with Crippen molar-refractivity contribution in [2.45, 2.75) is 37.6 Å². The third-order valence-corrected chi connectivity index (χ3v) is 12.6. The number of nitrogens with one attached hydrogen (secondary N) is 1. The van der Waals surface area contributed by atoms with Crippen molar-refractivity contribution in [2.24, 2.45) is 23.7 Å². The van der Waals surface area contributed by atoms with E-state index in [4.69, 9.17) is 32.7 Å². The number of para-hydroxylation sites is 1. The predicted octanol–water partition coefficient (Wildman–Crippen LogP) is 7.35. The molecule has 2 aliphatic heterocycles. The Morgan fingerprint density at radius 1 is 0.962 bits per heavy atom. The number of phenolic OH excluding ortho intramolecular Hbond substituents is 1. The molecule has 4 aromatic rings. The second kappa shape index (κ2) is 13.5. The lowest BCUT2D eigenvalue weighted by molar-refractivity contribution is -0.141. The van der Waals surface area contributed by atoms with Crippen molar-refractivity contribution in [1.82, 2.24) is 9.91 Å². The van der Waals surface area contributed by atoms with E-state index in [0.717, 1.165) is 9.89 Å². The monoisotopic (exact) mass is 771 g/mol. The molecule has 53 heavy (non-hydrogen) atoms. The Hall–Kier alpha value is -4.84. The van der Waals surface area contributed by atoms with Gasteiger partial charge in [-0.05, 0) is 79.1 Å². The summed E-state index contributed by atoms with van der Waals surface area (Å²) >= 11 is 14.2. The molecule has 8 rings (SSSR count). The molecule has 10 nitrogen and oxygen atoms in total. The van der Waals surface area contributed by atoms with Crippen LogP contribution in [0.5, 0.6) is 17.2 Å². The molecule has 4 aliphatic rings. The summed E-state index contributed by atoms with van der Waals surface area (Å²) in [7, 11) is 1.54. The van der Waals surface area contributed by atoms with Crippen molar-refractivity contribution in [3.8, 4) is 17.2 Å². The van der Waals surface area contributed by atoms with E-state index in [0.29, 0.717) is 27.5 Å². The first-order valence-electron chi connectivity index (χ1n) is 17.4. The van der Waals surface area contributed by atoms with Crippen LogP contribution >= 0.6 is 34.5 Å².